The molecule has 0 aromatic heterocycles. The first kappa shape index (κ1) is 14.5. The van der Waals surface area contributed by atoms with Crippen LogP contribution in [0.2, 0.25) is 0 Å². The standard InChI is InChI=1S/C17H24N2O2/c1-18-9-10-19(13-17(7-8-17)11-16(20)21)15(12-18)14-5-3-2-4-6-14/h2-6,15H,7-13H2,1H3,(H,20,21). The number of hydrogen-bond acceptors (Lipinski definition) is 3. The topological polar surface area (TPSA) is 43.8 Å². The molecule has 3 rings (SSSR count). The molecule has 1 N–H and O–H groups in total. The molecule has 1 aliphatic carbocycles. The van der Waals surface area contributed by atoms with Crippen LogP contribution in [0.3, 0.4) is 0 Å². The third-order valence-corrected chi connectivity index (χ3v) is 4.90. The zero-order valence-corrected chi connectivity index (χ0v) is 12.7. The quantitative estimate of drug-likeness (QED) is 0.902. The summed E-state index contributed by atoms with van der Waals surface area (Å²) in [6.45, 7) is 4.03. The number of benzene rings is 1. The number of hydrogen-bond donors (Lipinski definition) is 1. The van der Waals surface area contributed by atoms with Gasteiger partial charge in [-0.25, -0.2) is 0 Å². The molecule has 21 heavy (non-hydrogen) atoms. The highest BCUT2D eigenvalue weighted by Gasteiger charge is 2.47. The zero-order chi connectivity index (χ0) is 14.9. The summed E-state index contributed by atoms with van der Waals surface area (Å²) in [5, 5.41) is 9.12. The lowest BCUT2D eigenvalue weighted by Gasteiger charge is -2.42. The molecule has 0 bridgehead atoms. The van der Waals surface area contributed by atoms with Gasteiger partial charge in [-0.05, 0) is 30.9 Å². The fourth-order valence-corrected chi connectivity index (χ4v) is 3.46. The van der Waals surface area contributed by atoms with E-state index in [0.29, 0.717) is 12.5 Å². The number of piperazine rings is 1. The zero-order valence-electron chi connectivity index (χ0n) is 12.7. The van der Waals surface area contributed by atoms with Gasteiger partial charge in [0.2, 0.25) is 0 Å². The van der Waals surface area contributed by atoms with Gasteiger partial charge in [-0.1, -0.05) is 30.3 Å². The smallest absolute Gasteiger partial charge is 0.303 e. The predicted molar refractivity (Wildman–Crippen MR) is 82.2 cm³/mol. The monoisotopic (exact) mass is 288 g/mol. The number of rotatable bonds is 5. The normalized spacial score (nSPS) is 25.7. The lowest BCUT2D eigenvalue weighted by atomic mass is 9.97. The van der Waals surface area contributed by atoms with Crippen molar-refractivity contribution in [2.45, 2.75) is 25.3 Å². The largest absolute Gasteiger partial charge is 0.481 e. The van der Waals surface area contributed by atoms with Crippen LogP contribution >= 0.6 is 0 Å². The highest BCUT2D eigenvalue weighted by Crippen LogP contribution is 2.50. The molecule has 1 saturated heterocycles. The Morgan fingerprint density at radius 1 is 1.29 bits per heavy atom. The third-order valence-electron chi connectivity index (χ3n) is 4.90. The second-order valence-electron chi connectivity index (χ2n) is 6.73. The molecule has 4 nitrogen and oxygen atoms in total. The fourth-order valence-electron chi connectivity index (χ4n) is 3.46. The van der Waals surface area contributed by atoms with Crippen LogP contribution < -0.4 is 0 Å². The Labute approximate surface area is 126 Å². The first-order chi connectivity index (χ1) is 10.1. The van der Waals surface area contributed by atoms with Crippen molar-refractivity contribution < 1.29 is 9.90 Å². The molecule has 1 heterocycles. The molecule has 114 valence electrons. The molecule has 4 heteroatoms. The van der Waals surface area contributed by atoms with Crippen molar-refractivity contribution in [2.24, 2.45) is 5.41 Å². The lowest BCUT2D eigenvalue weighted by Crippen LogP contribution is -2.48. The second kappa shape index (κ2) is 5.78. The van der Waals surface area contributed by atoms with Gasteiger partial charge in [0.1, 0.15) is 0 Å². The highest BCUT2D eigenvalue weighted by molar-refractivity contribution is 5.68. The molecular weight excluding hydrogens is 264 g/mol. The molecule has 1 atom stereocenters. The van der Waals surface area contributed by atoms with Crippen molar-refractivity contribution >= 4 is 5.97 Å². The van der Waals surface area contributed by atoms with Crippen molar-refractivity contribution in [3.8, 4) is 0 Å². The number of nitrogens with zero attached hydrogens (tertiary/aromatic N) is 2. The number of aliphatic carboxylic acids is 1. The second-order valence-corrected chi connectivity index (χ2v) is 6.73. The Bertz CT molecular complexity index is 499. The maximum Gasteiger partial charge on any atom is 0.303 e. The van der Waals surface area contributed by atoms with E-state index in [1.54, 1.807) is 0 Å². The molecule has 0 amide bonds. The maximum absolute atomic E-state index is 11.1. The van der Waals surface area contributed by atoms with Gasteiger partial charge >= 0.3 is 5.97 Å². The first-order valence-electron chi connectivity index (χ1n) is 7.77. The molecule has 2 fully saturated rings. The van der Waals surface area contributed by atoms with Gasteiger partial charge in [0.15, 0.2) is 0 Å². The minimum absolute atomic E-state index is 0.0365. The minimum Gasteiger partial charge on any atom is -0.481 e. The van der Waals surface area contributed by atoms with Gasteiger partial charge in [-0.3, -0.25) is 9.69 Å². The van der Waals surface area contributed by atoms with Crippen LogP contribution in [0.15, 0.2) is 30.3 Å². The molecule has 1 aromatic carbocycles. The number of carbonyl (C=O) groups is 1. The Balaban J connectivity index is 1.74. The van der Waals surface area contributed by atoms with Gasteiger partial charge in [0, 0.05) is 32.2 Å². The molecule has 1 unspecified atom stereocenters. The predicted octanol–water partition coefficient (Wildman–Crippen LogP) is 2.23. The van der Waals surface area contributed by atoms with E-state index in [4.69, 9.17) is 5.11 Å². The van der Waals surface area contributed by atoms with Crippen LogP contribution in [0, 0.1) is 5.41 Å². The summed E-state index contributed by atoms with van der Waals surface area (Å²) < 4.78 is 0. The van der Waals surface area contributed by atoms with E-state index in [1.165, 1.54) is 5.56 Å². The van der Waals surface area contributed by atoms with Crippen LogP contribution in [0.1, 0.15) is 30.9 Å². The van der Waals surface area contributed by atoms with Crippen LogP contribution in [0.5, 0.6) is 0 Å². The molecule has 2 aliphatic rings. The van der Waals surface area contributed by atoms with E-state index < -0.39 is 5.97 Å². The van der Waals surface area contributed by atoms with Crippen LogP contribution in [-0.2, 0) is 4.79 Å². The van der Waals surface area contributed by atoms with Crippen molar-refractivity contribution in [3.05, 3.63) is 35.9 Å². The van der Waals surface area contributed by atoms with Crippen LogP contribution in [-0.4, -0.2) is 54.1 Å². The minimum atomic E-state index is -0.655. The summed E-state index contributed by atoms with van der Waals surface area (Å²) in [6.07, 6.45) is 2.45. The summed E-state index contributed by atoms with van der Waals surface area (Å²) >= 11 is 0. The van der Waals surface area contributed by atoms with Crippen molar-refractivity contribution in [3.63, 3.8) is 0 Å². The summed E-state index contributed by atoms with van der Waals surface area (Å²) in [5.41, 5.74) is 1.38. The van der Waals surface area contributed by atoms with E-state index in [2.05, 4.69) is 41.1 Å². The third kappa shape index (κ3) is 3.44. The highest BCUT2D eigenvalue weighted by atomic mass is 16.4. The van der Waals surface area contributed by atoms with Crippen molar-refractivity contribution in [2.75, 3.05) is 33.2 Å². The van der Waals surface area contributed by atoms with Gasteiger partial charge < -0.3 is 10.0 Å². The Morgan fingerprint density at radius 3 is 2.62 bits per heavy atom. The summed E-state index contributed by atoms with van der Waals surface area (Å²) in [7, 11) is 2.16. The van der Waals surface area contributed by atoms with Gasteiger partial charge in [0.05, 0.1) is 6.42 Å². The summed E-state index contributed by atoms with van der Waals surface area (Å²) in [6, 6.07) is 11.0. The van der Waals surface area contributed by atoms with E-state index in [0.717, 1.165) is 39.0 Å². The van der Waals surface area contributed by atoms with Crippen molar-refractivity contribution in [1.29, 1.82) is 0 Å². The van der Waals surface area contributed by atoms with E-state index in [1.807, 2.05) is 6.07 Å². The average Bonchev–Trinajstić information content (AvgIpc) is 3.20. The van der Waals surface area contributed by atoms with Gasteiger partial charge in [0.25, 0.3) is 0 Å². The lowest BCUT2D eigenvalue weighted by molar-refractivity contribution is -0.138. The fraction of sp³-hybridized carbons (Fsp3) is 0.588. The summed E-state index contributed by atoms with van der Waals surface area (Å²) in [5.74, 6) is -0.655. The number of carboxylic acid groups (broad SMARTS) is 1. The van der Waals surface area contributed by atoms with E-state index >= 15 is 0 Å². The Hall–Kier alpha value is -1.39. The molecule has 0 spiro atoms. The summed E-state index contributed by atoms with van der Waals surface area (Å²) in [4.78, 5) is 15.9. The van der Waals surface area contributed by atoms with Gasteiger partial charge in [-0.15, -0.1) is 0 Å². The molecule has 1 aromatic rings. The van der Waals surface area contributed by atoms with Crippen LogP contribution in [0.25, 0.3) is 0 Å². The van der Waals surface area contributed by atoms with Crippen LogP contribution in [0.4, 0.5) is 0 Å². The first-order valence-corrected chi connectivity index (χ1v) is 7.77. The Kier molecular flexibility index (Phi) is 4.00. The van der Waals surface area contributed by atoms with Crippen molar-refractivity contribution in [1.82, 2.24) is 9.80 Å². The number of likely N-dealkylation sites (N-methyl/N-ethyl adjacent to an activating group) is 1. The molecule has 1 aliphatic heterocycles. The average molecular weight is 288 g/mol. The maximum atomic E-state index is 11.1. The number of carboxylic acids is 1. The molecule has 0 radical (unpaired) electrons. The molecule has 1 saturated carbocycles. The van der Waals surface area contributed by atoms with E-state index in [-0.39, 0.29) is 5.41 Å². The van der Waals surface area contributed by atoms with E-state index in [9.17, 15) is 4.79 Å². The van der Waals surface area contributed by atoms with Gasteiger partial charge in [-0.2, -0.15) is 0 Å². The Morgan fingerprint density at radius 2 is 2.00 bits per heavy atom. The molecular formula is C17H24N2O2. The SMILES string of the molecule is CN1CCN(CC2(CC(=O)O)CC2)C(c2ccccc2)C1.